The zero-order valence-electron chi connectivity index (χ0n) is 6.50. The summed E-state index contributed by atoms with van der Waals surface area (Å²) in [6.07, 6.45) is 0. The molecule has 1 rings (SSSR count). The van der Waals surface area contributed by atoms with Crippen molar-refractivity contribution >= 4 is 5.97 Å². The monoisotopic (exact) mass is 160 g/mol. The Bertz CT molecular complexity index is 145. The Morgan fingerprint density at radius 3 is 2.64 bits per heavy atom. The molecule has 0 atom stereocenters. The van der Waals surface area contributed by atoms with E-state index in [0.717, 1.165) is 0 Å². The van der Waals surface area contributed by atoms with Gasteiger partial charge in [0.1, 0.15) is 5.41 Å². The lowest BCUT2D eigenvalue weighted by Gasteiger charge is -2.36. The van der Waals surface area contributed by atoms with E-state index in [9.17, 15) is 4.79 Å². The predicted molar refractivity (Wildman–Crippen MR) is 37.0 cm³/mol. The van der Waals surface area contributed by atoms with E-state index >= 15 is 0 Å². The van der Waals surface area contributed by atoms with Gasteiger partial charge < -0.3 is 14.6 Å². The second-order valence-corrected chi connectivity index (χ2v) is 2.65. The molecule has 1 aliphatic rings. The fourth-order valence-corrected chi connectivity index (χ4v) is 0.906. The minimum Gasteiger partial charge on any atom is -0.465 e. The van der Waals surface area contributed by atoms with E-state index in [2.05, 4.69) is 0 Å². The number of hydrogen-bond donors (Lipinski definition) is 1. The molecule has 0 aromatic rings. The van der Waals surface area contributed by atoms with Crippen LogP contribution in [-0.4, -0.2) is 37.5 Å². The molecule has 1 aliphatic heterocycles. The van der Waals surface area contributed by atoms with Crippen LogP contribution in [0.3, 0.4) is 0 Å². The smallest absolute Gasteiger partial charge is 0.319 e. The van der Waals surface area contributed by atoms with Gasteiger partial charge in [0.15, 0.2) is 0 Å². The van der Waals surface area contributed by atoms with Crippen LogP contribution in [0, 0.1) is 5.41 Å². The number of ether oxygens (including phenoxy) is 2. The maximum atomic E-state index is 11.1. The summed E-state index contributed by atoms with van der Waals surface area (Å²) in [6, 6.07) is 0. The topological polar surface area (TPSA) is 55.8 Å². The highest BCUT2D eigenvalue weighted by molar-refractivity contribution is 5.78. The summed E-state index contributed by atoms with van der Waals surface area (Å²) < 4.78 is 9.60. The van der Waals surface area contributed by atoms with Gasteiger partial charge in [-0.1, -0.05) is 0 Å². The van der Waals surface area contributed by atoms with Crippen molar-refractivity contribution in [3.05, 3.63) is 0 Å². The van der Waals surface area contributed by atoms with Crippen molar-refractivity contribution in [1.29, 1.82) is 0 Å². The fraction of sp³-hybridized carbons (Fsp3) is 0.857. The van der Waals surface area contributed by atoms with Gasteiger partial charge in [-0.25, -0.2) is 0 Å². The standard InChI is InChI=1S/C7H12O4/c1-2-11-6(9)7(3-8)4-10-5-7/h8H,2-5H2,1H3. The molecule has 0 radical (unpaired) electrons. The average Bonchev–Trinajstić information content (AvgIpc) is 1.87. The molecule has 4 nitrogen and oxygen atoms in total. The van der Waals surface area contributed by atoms with Crippen LogP contribution < -0.4 is 0 Å². The molecule has 1 N–H and O–H groups in total. The summed E-state index contributed by atoms with van der Waals surface area (Å²) in [5, 5.41) is 8.85. The molecule has 1 saturated heterocycles. The SMILES string of the molecule is CCOC(=O)C1(CO)COC1. The Morgan fingerprint density at radius 1 is 1.73 bits per heavy atom. The molecule has 64 valence electrons. The van der Waals surface area contributed by atoms with Crippen molar-refractivity contribution in [2.75, 3.05) is 26.4 Å². The first kappa shape index (κ1) is 8.49. The van der Waals surface area contributed by atoms with Crippen LogP contribution in [0.4, 0.5) is 0 Å². The van der Waals surface area contributed by atoms with Crippen LogP contribution in [0.25, 0.3) is 0 Å². The molecule has 4 heteroatoms. The van der Waals surface area contributed by atoms with Gasteiger partial charge in [-0.15, -0.1) is 0 Å². The maximum absolute atomic E-state index is 11.1. The van der Waals surface area contributed by atoms with E-state index in [1.165, 1.54) is 0 Å². The largest absolute Gasteiger partial charge is 0.465 e. The zero-order valence-corrected chi connectivity index (χ0v) is 6.50. The number of esters is 1. The summed E-state index contributed by atoms with van der Waals surface area (Å²) in [4.78, 5) is 11.1. The summed E-state index contributed by atoms with van der Waals surface area (Å²) in [5.41, 5.74) is -0.754. The molecular formula is C7H12O4. The van der Waals surface area contributed by atoms with E-state index in [4.69, 9.17) is 14.6 Å². The number of aliphatic hydroxyl groups excluding tert-OH is 1. The third-order valence-corrected chi connectivity index (χ3v) is 1.77. The van der Waals surface area contributed by atoms with E-state index in [0.29, 0.717) is 6.61 Å². The first-order chi connectivity index (χ1) is 5.25. The van der Waals surface area contributed by atoms with Gasteiger partial charge in [0.25, 0.3) is 0 Å². The Labute approximate surface area is 65.1 Å². The predicted octanol–water partition coefficient (Wildman–Crippen LogP) is -0.442. The first-order valence-corrected chi connectivity index (χ1v) is 3.61. The minimum absolute atomic E-state index is 0.189. The van der Waals surface area contributed by atoms with E-state index in [1.807, 2.05) is 0 Å². The summed E-state index contributed by atoms with van der Waals surface area (Å²) in [6.45, 7) is 2.46. The number of carbonyl (C=O) groups is 1. The van der Waals surface area contributed by atoms with Crippen LogP contribution in [0.2, 0.25) is 0 Å². The number of aliphatic hydroxyl groups is 1. The van der Waals surface area contributed by atoms with Crippen molar-refractivity contribution in [1.82, 2.24) is 0 Å². The lowest BCUT2D eigenvalue weighted by atomic mass is 9.87. The highest BCUT2D eigenvalue weighted by Crippen LogP contribution is 2.28. The molecule has 0 aromatic heterocycles. The minimum atomic E-state index is -0.754. The molecule has 1 fully saturated rings. The van der Waals surface area contributed by atoms with Crippen LogP contribution in [0.5, 0.6) is 0 Å². The molecule has 0 amide bonds. The molecule has 11 heavy (non-hydrogen) atoms. The molecule has 0 bridgehead atoms. The van der Waals surface area contributed by atoms with Crippen LogP contribution in [0.1, 0.15) is 6.92 Å². The lowest BCUT2D eigenvalue weighted by molar-refractivity contribution is -0.192. The number of carbonyl (C=O) groups excluding carboxylic acids is 1. The van der Waals surface area contributed by atoms with Gasteiger partial charge in [0.05, 0.1) is 26.4 Å². The Balaban J connectivity index is 2.47. The van der Waals surface area contributed by atoms with Crippen LogP contribution in [-0.2, 0) is 14.3 Å². The summed E-state index contributed by atoms with van der Waals surface area (Å²) >= 11 is 0. The van der Waals surface area contributed by atoms with E-state index in [-0.39, 0.29) is 25.8 Å². The summed E-state index contributed by atoms with van der Waals surface area (Å²) in [5.74, 6) is -0.353. The van der Waals surface area contributed by atoms with Gasteiger partial charge in [-0.05, 0) is 6.92 Å². The third kappa shape index (κ3) is 1.36. The quantitative estimate of drug-likeness (QED) is 0.568. The van der Waals surface area contributed by atoms with Crippen LogP contribution >= 0.6 is 0 Å². The summed E-state index contributed by atoms with van der Waals surface area (Å²) in [7, 11) is 0. The van der Waals surface area contributed by atoms with E-state index in [1.54, 1.807) is 6.92 Å². The fourth-order valence-electron chi connectivity index (χ4n) is 0.906. The molecule has 0 unspecified atom stereocenters. The highest BCUT2D eigenvalue weighted by atomic mass is 16.6. The first-order valence-electron chi connectivity index (χ1n) is 3.61. The lowest BCUT2D eigenvalue weighted by Crippen LogP contribution is -2.52. The molecule has 0 saturated carbocycles. The van der Waals surface area contributed by atoms with Gasteiger partial charge in [-0.3, -0.25) is 4.79 Å². The van der Waals surface area contributed by atoms with Crippen molar-refractivity contribution in [2.24, 2.45) is 5.41 Å². The number of hydrogen-bond acceptors (Lipinski definition) is 4. The van der Waals surface area contributed by atoms with Crippen LogP contribution in [0.15, 0.2) is 0 Å². The molecule has 1 heterocycles. The second kappa shape index (κ2) is 3.19. The zero-order chi connectivity index (χ0) is 8.32. The van der Waals surface area contributed by atoms with Gasteiger partial charge >= 0.3 is 5.97 Å². The third-order valence-electron chi connectivity index (χ3n) is 1.77. The molecular weight excluding hydrogens is 148 g/mol. The Morgan fingerprint density at radius 2 is 2.36 bits per heavy atom. The Hall–Kier alpha value is -0.610. The molecule has 0 aliphatic carbocycles. The Kier molecular flexibility index (Phi) is 2.46. The average molecular weight is 160 g/mol. The van der Waals surface area contributed by atoms with Crippen molar-refractivity contribution in [3.63, 3.8) is 0 Å². The molecule has 0 spiro atoms. The van der Waals surface area contributed by atoms with Gasteiger partial charge in [0.2, 0.25) is 0 Å². The van der Waals surface area contributed by atoms with E-state index < -0.39 is 5.41 Å². The maximum Gasteiger partial charge on any atom is 0.319 e. The van der Waals surface area contributed by atoms with Gasteiger partial charge in [-0.2, -0.15) is 0 Å². The number of rotatable bonds is 3. The highest BCUT2D eigenvalue weighted by Gasteiger charge is 2.46. The van der Waals surface area contributed by atoms with Crippen molar-refractivity contribution < 1.29 is 19.4 Å². The van der Waals surface area contributed by atoms with Crippen molar-refractivity contribution in [2.45, 2.75) is 6.92 Å². The second-order valence-electron chi connectivity index (χ2n) is 2.65. The van der Waals surface area contributed by atoms with Gasteiger partial charge in [0, 0.05) is 0 Å². The normalized spacial score (nSPS) is 20.5. The van der Waals surface area contributed by atoms with Crippen molar-refractivity contribution in [3.8, 4) is 0 Å². The molecule has 0 aromatic carbocycles.